The number of carbonyl (C=O) groups excluding carboxylic acids is 1. The lowest BCUT2D eigenvalue weighted by Gasteiger charge is -2.31. The maximum absolute atomic E-state index is 13.3. The number of ether oxygens (including phenoxy) is 3. The van der Waals surface area contributed by atoms with Gasteiger partial charge in [0.05, 0.1) is 40.1 Å². The molecular formula is C21H17N3O6. The summed E-state index contributed by atoms with van der Waals surface area (Å²) in [6.07, 6.45) is 0.0913. The molecule has 3 aromatic rings. The summed E-state index contributed by atoms with van der Waals surface area (Å²) in [6, 6.07) is 5.16. The van der Waals surface area contributed by atoms with Gasteiger partial charge in [-0.25, -0.2) is 9.78 Å². The van der Waals surface area contributed by atoms with Gasteiger partial charge in [0.1, 0.15) is 12.4 Å². The van der Waals surface area contributed by atoms with Gasteiger partial charge in [-0.3, -0.25) is 4.79 Å². The zero-order valence-electron chi connectivity index (χ0n) is 16.0. The number of hydrogen-bond donors (Lipinski definition) is 2. The van der Waals surface area contributed by atoms with Gasteiger partial charge in [-0.15, -0.1) is 0 Å². The molecule has 1 atom stereocenters. The second-order valence-electron chi connectivity index (χ2n) is 7.66. The highest BCUT2D eigenvalue weighted by atomic mass is 16.7. The average molecular weight is 407 g/mol. The van der Waals surface area contributed by atoms with Crippen LogP contribution in [0.15, 0.2) is 23.0 Å². The fraction of sp³-hybridized carbons (Fsp3) is 0.286. The number of aliphatic hydroxyl groups is 1. The summed E-state index contributed by atoms with van der Waals surface area (Å²) in [7, 11) is 0. The third-order valence-corrected chi connectivity index (χ3v) is 6.19. The van der Waals surface area contributed by atoms with Crippen LogP contribution >= 0.6 is 0 Å². The van der Waals surface area contributed by atoms with Crippen molar-refractivity contribution in [2.45, 2.75) is 32.1 Å². The molecule has 0 saturated heterocycles. The van der Waals surface area contributed by atoms with Gasteiger partial charge in [-0.2, -0.15) is 0 Å². The van der Waals surface area contributed by atoms with Crippen molar-refractivity contribution >= 4 is 22.6 Å². The number of nitrogen functional groups attached to an aromatic ring is 1. The minimum Gasteiger partial charge on any atom is -0.458 e. The second kappa shape index (κ2) is 5.51. The molecule has 0 saturated carbocycles. The number of fused-ring (bicyclic) bond motifs is 5. The maximum atomic E-state index is 13.3. The van der Waals surface area contributed by atoms with Crippen molar-refractivity contribution in [3.63, 3.8) is 0 Å². The molecule has 5 heterocycles. The summed E-state index contributed by atoms with van der Waals surface area (Å²) >= 11 is 0. The third kappa shape index (κ3) is 1.92. The molecule has 6 rings (SSSR count). The van der Waals surface area contributed by atoms with E-state index in [1.807, 2.05) is 0 Å². The molecule has 152 valence electrons. The molecule has 3 N–H and O–H groups in total. The normalized spacial score (nSPS) is 20.7. The SMILES string of the molecule is CCC1(O)C(=O)OCc2c1cc1n(c2=O)Cc2c-1nc1ccc(N)c3c1c2OCO3. The number of benzene rings is 1. The summed E-state index contributed by atoms with van der Waals surface area (Å²) in [5, 5.41) is 11.6. The van der Waals surface area contributed by atoms with Crippen LogP contribution in [0, 0.1) is 0 Å². The zero-order valence-corrected chi connectivity index (χ0v) is 16.0. The Morgan fingerprint density at radius 1 is 1.20 bits per heavy atom. The van der Waals surface area contributed by atoms with E-state index < -0.39 is 11.6 Å². The van der Waals surface area contributed by atoms with Crippen molar-refractivity contribution in [1.29, 1.82) is 0 Å². The Labute approximate surface area is 169 Å². The number of aromatic nitrogens is 2. The number of anilines is 1. The predicted octanol–water partition coefficient (Wildman–Crippen LogP) is 1.39. The molecule has 1 unspecified atom stereocenters. The Morgan fingerprint density at radius 3 is 2.80 bits per heavy atom. The molecular weight excluding hydrogens is 390 g/mol. The quantitative estimate of drug-likeness (QED) is 0.358. The first kappa shape index (κ1) is 17.3. The smallest absolute Gasteiger partial charge is 0.343 e. The van der Waals surface area contributed by atoms with Gasteiger partial charge in [0.15, 0.2) is 11.4 Å². The highest BCUT2D eigenvalue weighted by Crippen LogP contribution is 2.47. The molecule has 9 nitrogen and oxygen atoms in total. The molecule has 3 aliphatic heterocycles. The van der Waals surface area contributed by atoms with Crippen molar-refractivity contribution < 1.29 is 24.1 Å². The van der Waals surface area contributed by atoms with Gasteiger partial charge in [0.2, 0.25) is 6.79 Å². The number of nitrogens with two attached hydrogens (primary N) is 1. The average Bonchev–Trinajstić information content (AvgIpc) is 3.13. The van der Waals surface area contributed by atoms with Crippen LogP contribution < -0.4 is 20.8 Å². The molecule has 9 heteroatoms. The van der Waals surface area contributed by atoms with Crippen LogP contribution in [-0.4, -0.2) is 27.4 Å². The molecule has 0 radical (unpaired) electrons. The molecule has 1 aromatic carbocycles. The molecule has 0 aliphatic carbocycles. The summed E-state index contributed by atoms with van der Waals surface area (Å²) < 4.78 is 18.1. The van der Waals surface area contributed by atoms with Gasteiger partial charge in [-0.1, -0.05) is 6.92 Å². The number of cyclic esters (lactones) is 1. The van der Waals surface area contributed by atoms with Gasteiger partial charge in [0, 0.05) is 11.1 Å². The first-order valence-electron chi connectivity index (χ1n) is 9.62. The summed E-state index contributed by atoms with van der Waals surface area (Å²) in [6.45, 7) is 1.76. The van der Waals surface area contributed by atoms with E-state index in [4.69, 9.17) is 24.9 Å². The standard InChI is InChI=1S/C21H17N3O6/c1-2-21(27)11-5-14-16-9(6-24(14)19(25)10(11)7-28-20(21)26)17-15-13(23-16)4-3-12(22)18(15)30-8-29-17/h3-5,27H,2,6-8,22H2,1H3. The lowest BCUT2D eigenvalue weighted by atomic mass is 9.86. The lowest BCUT2D eigenvalue weighted by molar-refractivity contribution is -0.172. The highest BCUT2D eigenvalue weighted by molar-refractivity contribution is 5.99. The van der Waals surface area contributed by atoms with Gasteiger partial charge in [0.25, 0.3) is 5.56 Å². The monoisotopic (exact) mass is 407 g/mol. The highest BCUT2D eigenvalue weighted by Gasteiger charge is 2.45. The van der Waals surface area contributed by atoms with E-state index in [-0.39, 0.29) is 43.1 Å². The minimum atomic E-state index is -1.86. The molecule has 0 spiro atoms. The summed E-state index contributed by atoms with van der Waals surface area (Å²) in [5.74, 6) is 0.357. The van der Waals surface area contributed by atoms with Crippen LogP contribution in [0.1, 0.15) is 30.0 Å². The lowest BCUT2D eigenvalue weighted by Crippen LogP contribution is -2.44. The first-order chi connectivity index (χ1) is 14.4. The summed E-state index contributed by atoms with van der Waals surface area (Å²) in [5.41, 5.74) is 7.40. The van der Waals surface area contributed by atoms with E-state index in [1.165, 1.54) is 0 Å². The number of esters is 1. The topological polar surface area (TPSA) is 126 Å². The molecule has 0 bridgehead atoms. The van der Waals surface area contributed by atoms with Crippen LogP contribution in [0.4, 0.5) is 5.69 Å². The fourth-order valence-corrected chi connectivity index (χ4v) is 4.58. The fourth-order valence-electron chi connectivity index (χ4n) is 4.58. The van der Waals surface area contributed by atoms with Crippen LogP contribution in [-0.2, 0) is 28.3 Å². The predicted molar refractivity (Wildman–Crippen MR) is 105 cm³/mol. The molecule has 3 aliphatic rings. The summed E-state index contributed by atoms with van der Waals surface area (Å²) in [4.78, 5) is 30.3. The van der Waals surface area contributed by atoms with Crippen molar-refractivity contribution in [3.8, 4) is 22.9 Å². The van der Waals surface area contributed by atoms with E-state index in [0.29, 0.717) is 39.5 Å². The zero-order chi connectivity index (χ0) is 20.8. The maximum Gasteiger partial charge on any atom is 0.343 e. The van der Waals surface area contributed by atoms with Gasteiger partial charge >= 0.3 is 5.97 Å². The Hall–Kier alpha value is -3.59. The Kier molecular flexibility index (Phi) is 3.18. The number of pyridine rings is 2. The van der Waals surface area contributed by atoms with Gasteiger partial charge in [-0.05, 0) is 24.6 Å². The van der Waals surface area contributed by atoms with Crippen molar-refractivity contribution in [1.82, 2.24) is 9.55 Å². The minimum absolute atomic E-state index is 0.00639. The number of carbonyl (C=O) groups is 1. The Balaban J connectivity index is 1.68. The molecule has 30 heavy (non-hydrogen) atoms. The first-order valence-corrected chi connectivity index (χ1v) is 9.62. The van der Waals surface area contributed by atoms with Crippen molar-refractivity contribution in [2.75, 3.05) is 12.5 Å². The van der Waals surface area contributed by atoms with E-state index in [2.05, 4.69) is 0 Å². The molecule has 0 fully saturated rings. The van der Waals surface area contributed by atoms with Crippen LogP contribution in [0.25, 0.3) is 22.3 Å². The largest absolute Gasteiger partial charge is 0.458 e. The number of nitrogens with zero attached hydrogens (tertiary/aromatic N) is 2. The van der Waals surface area contributed by atoms with E-state index >= 15 is 0 Å². The van der Waals surface area contributed by atoms with Crippen LogP contribution in [0.5, 0.6) is 11.5 Å². The number of rotatable bonds is 1. The van der Waals surface area contributed by atoms with E-state index in [1.54, 1.807) is 29.7 Å². The second-order valence-corrected chi connectivity index (χ2v) is 7.66. The molecule has 2 aromatic heterocycles. The Bertz CT molecular complexity index is 1360. The van der Waals surface area contributed by atoms with Crippen molar-refractivity contribution in [2.24, 2.45) is 0 Å². The van der Waals surface area contributed by atoms with Crippen molar-refractivity contribution in [3.05, 3.63) is 45.2 Å². The third-order valence-electron chi connectivity index (χ3n) is 6.19. The number of hydrogen-bond acceptors (Lipinski definition) is 8. The van der Waals surface area contributed by atoms with Crippen LogP contribution in [0.3, 0.4) is 0 Å². The van der Waals surface area contributed by atoms with E-state index in [0.717, 1.165) is 5.56 Å². The van der Waals surface area contributed by atoms with Gasteiger partial charge < -0.3 is 29.6 Å². The van der Waals surface area contributed by atoms with Crippen LogP contribution in [0.2, 0.25) is 0 Å². The van der Waals surface area contributed by atoms with E-state index in [9.17, 15) is 14.7 Å². The molecule has 0 amide bonds. The Morgan fingerprint density at radius 2 is 2.00 bits per heavy atom.